The minimum atomic E-state index is -0.443. The van der Waals surface area contributed by atoms with E-state index in [1.807, 2.05) is 0 Å². The fourth-order valence-electron chi connectivity index (χ4n) is 2.16. The lowest BCUT2D eigenvalue weighted by Gasteiger charge is -2.17. The Morgan fingerprint density at radius 1 is 1.19 bits per heavy atom. The Morgan fingerprint density at radius 3 is 2.70 bits per heavy atom. The van der Waals surface area contributed by atoms with E-state index in [0.29, 0.717) is 35.4 Å². The molecule has 0 N–H and O–H groups in total. The Labute approximate surface area is 168 Å². The first-order valence-electron chi connectivity index (χ1n) is 8.32. The van der Waals surface area contributed by atoms with Gasteiger partial charge in [0, 0.05) is 26.2 Å². The Kier molecular flexibility index (Phi) is 8.36. The molecule has 0 unspecified atom stereocenters. The molecule has 1 heterocycles. The van der Waals surface area contributed by atoms with Gasteiger partial charge in [-0.3, -0.25) is 14.6 Å². The van der Waals surface area contributed by atoms with Gasteiger partial charge in [-0.2, -0.15) is 0 Å². The van der Waals surface area contributed by atoms with Gasteiger partial charge in [0.2, 0.25) is 0 Å². The lowest BCUT2D eigenvalue weighted by Crippen LogP contribution is -2.30. The molecule has 1 amide bonds. The molecule has 0 aliphatic heterocycles. The molecule has 27 heavy (non-hydrogen) atoms. The lowest BCUT2D eigenvalue weighted by atomic mass is 10.2. The Morgan fingerprint density at radius 2 is 2.00 bits per heavy atom. The molecule has 2 aromatic rings. The second-order valence-electron chi connectivity index (χ2n) is 5.80. The van der Waals surface area contributed by atoms with Gasteiger partial charge in [-0.05, 0) is 36.2 Å². The SMILES string of the molecule is CN(Cc1ccc(Cl)c(Cl)c1)C(=O)COC(=O)CCCOc1cccnc1. The molecule has 1 aromatic heterocycles. The third kappa shape index (κ3) is 7.45. The third-order valence-electron chi connectivity index (χ3n) is 3.61. The zero-order chi connectivity index (χ0) is 19.6. The maximum atomic E-state index is 12.1. The summed E-state index contributed by atoms with van der Waals surface area (Å²) in [4.78, 5) is 29.2. The van der Waals surface area contributed by atoms with Crippen LogP contribution >= 0.6 is 23.2 Å². The van der Waals surface area contributed by atoms with E-state index in [1.165, 1.54) is 4.90 Å². The van der Waals surface area contributed by atoms with Gasteiger partial charge in [-0.1, -0.05) is 29.3 Å². The van der Waals surface area contributed by atoms with E-state index in [0.717, 1.165) is 5.56 Å². The van der Waals surface area contributed by atoms with Crippen molar-refractivity contribution >= 4 is 35.1 Å². The van der Waals surface area contributed by atoms with Crippen molar-refractivity contribution in [3.05, 3.63) is 58.3 Å². The van der Waals surface area contributed by atoms with Crippen LogP contribution in [0, 0.1) is 0 Å². The van der Waals surface area contributed by atoms with Crippen molar-refractivity contribution < 1.29 is 19.1 Å². The quantitative estimate of drug-likeness (QED) is 0.465. The number of esters is 1. The standard InChI is InChI=1S/C19H20Cl2N2O4/c1-23(12-14-6-7-16(20)17(21)10-14)18(24)13-27-19(25)5-3-9-26-15-4-2-8-22-11-15/h2,4,6-8,10-11H,3,5,9,12-13H2,1H3. The van der Waals surface area contributed by atoms with Crippen molar-refractivity contribution in [2.45, 2.75) is 19.4 Å². The van der Waals surface area contributed by atoms with Gasteiger partial charge in [-0.25, -0.2) is 0 Å². The number of carbonyl (C=O) groups excluding carboxylic acids is 2. The molecule has 0 aliphatic carbocycles. The average molecular weight is 411 g/mol. The van der Waals surface area contributed by atoms with Gasteiger partial charge < -0.3 is 14.4 Å². The maximum absolute atomic E-state index is 12.1. The van der Waals surface area contributed by atoms with Crippen LogP contribution in [0.2, 0.25) is 10.0 Å². The van der Waals surface area contributed by atoms with E-state index in [2.05, 4.69) is 4.98 Å². The van der Waals surface area contributed by atoms with E-state index in [9.17, 15) is 9.59 Å². The van der Waals surface area contributed by atoms with Gasteiger partial charge in [0.15, 0.2) is 6.61 Å². The van der Waals surface area contributed by atoms with E-state index in [1.54, 1.807) is 49.8 Å². The summed E-state index contributed by atoms with van der Waals surface area (Å²) in [7, 11) is 1.63. The molecule has 6 nitrogen and oxygen atoms in total. The molecule has 0 atom stereocenters. The summed E-state index contributed by atoms with van der Waals surface area (Å²) in [6.07, 6.45) is 3.91. The van der Waals surface area contributed by atoms with Crippen LogP contribution in [0.1, 0.15) is 18.4 Å². The van der Waals surface area contributed by atoms with Gasteiger partial charge in [0.25, 0.3) is 5.91 Å². The summed E-state index contributed by atoms with van der Waals surface area (Å²) in [5, 5.41) is 0.880. The number of amides is 1. The van der Waals surface area contributed by atoms with E-state index < -0.39 is 5.97 Å². The Balaban J connectivity index is 1.64. The van der Waals surface area contributed by atoms with E-state index in [-0.39, 0.29) is 18.9 Å². The topological polar surface area (TPSA) is 68.7 Å². The third-order valence-corrected chi connectivity index (χ3v) is 4.35. The monoisotopic (exact) mass is 410 g/mol. The maximum Gasteiger partial charge on any atom is 0.306 e. The first-order valence-corrected chi connectivity index (χ1v) is 9.07. The zero-order valence-corrected chi connectivity index (χ0v) is 16.4. The Hall–Kier alpha value is -2.31. The molecule has 2 rings (SSSR count). The number of rotatable bonds is 9. The first-order chi connectivity index (χ1) is 13.0. The summed E-state index contributed by atoms with van der Waals surface area (Å²) in [6.45, 7) is 0.401. The molecule has 0 saturated heterocycles. The smallest absolute Gasteiger partial charge is 0.306 e. The second-order valence-corrected chi connectivity index (χ2v) is 6.61. The zero-order valence-electron chi connectivity index (χ0n) is 14.9. The van der Waals surface area contributed by atoms with Crippen LogP contribution in [0.3, 0.4) is 0 Å². The van der Waals surface area contributed by atoms with Crippen LogP contribution in [0.4, 0.5) is 0 Å². The van der Waals surface area contributed by atoms with Crippen LogP contribution in [0.5, 0.6) is 5.75 Å². The van der Waals surface area contributed by atoms with Gasteiger partial charge in [0.05, 0.1) is 22.8 Å². The van der Waals surface area contributed by atoms with E-state index >= 15 is 0 Å². The minimum absolute atomic E-state index is 0.171. The molecule has 0 saturated carbocycles. The van der Waals surface area contributed by atoms with Crippen LogP contribution in [0.15, 0.2) is 42.7 Å². The van der Waals surface area contributed by atoms with Crippen molar-refractivity contribution in [1.82, 2.24) is 9.88 Å². The number of ether oxygens (including phenoxy) is 2. The highest BCUT2D eigenvalue weighted by molar-refractivity contribution is 6.42. The lowest BCUT2D eigenvalue weighted by molar-refractivity contribution is -0.151. The number of halogens is 2. The molecule has 1 aromatic carbocycles. The van der Waals surface area contributed by atoms with Crippen molar-refractivity contribution in [2.24, 2.45) is 0 Å². The number of aromatic nitrogens is 1. The largest absolute Gasteiger partial charge is 0.492 e. The summed E-state index contributed by atoms with van der Waals surface area (Å²) >= 11 is 11.8. The first kappa shape index (κ1) is 21.0. The highest BCUT2D eigenvalue weighted by Gasteiger charge is 2.13. The molecule has 0 bridgehead atoms. The van der Waals surface area contributed by atoms with Gasteiger partial charge in [-0.15, -0.1) is 0 Å². The molecule has 8 heteroatoms. The van der Waals surface area contributed by atoms with Crippen molar-refractivity contribution in [1.29, 1.82) is 0 Å². The number of pyridine rings is 1. The van der Waals surface area contributed by atoms with Crippen LogP contribution in [-0.4, -0.2) is 42.0 Å². The summed E-state index contributed by atoms with van der Waals surface area (Å²) in [5.74, 6) is -0.105. The fraction of sp³-hybridized carbons (Fsp3) is 0.316. The normalized spacial score (nSPS) is 10.3. The number of benzene rings is 1. The fourth-order valence-corrected chi connectivity index (χ4v) is 2.48. The molecular weight excluding hydrogens is 391 g/mol. The highest BCUT2D eigenvalue weighted by Crippen LogP contribution is 2.23. The number of nitrogens with zero attached hydrogens (tertiary/aromatic N) is 2. The van der Waals surface area contributed by atoms with Crippen LogP contribution < -0.4 is 4.74 Å². The van der Waals surface area contributed by atoms with Crippen molar-refractivity contribution in [2.75, 3.05) is 20.3 Å². The molecule has 0 spiro atoms. The molecule has 144 valence electrons. The predicted octanol–water partition coefficient (Wildman–Crippen LogP) is 3.75. The number of hydrogen-bond acceptors (Lipinski definition) is 5. The van der Waals surface area contributed by atoms with Gasteiger partial charge in [0.1, 0.15) is 5.75 Å². The van der Waals surface area contributed by atoms with Crippen molar-refractivity contribution in [3.8, 4) is 5.75 Å². The van der Waals surface area contributed by atoms with Crippen molar-refractivity contribution in [3.63, 3.8) is 0 Å². The summed E-state index contributed by atoms with van der Waals surface area (Å²) in [6, 6.07) is 8.71. The number of carbonyl (C=O) groups is 2. The minimum Gasteiger partial charge on any atom is -0.492 e. The van der Waals surface area contributed by atoms with E-state index in [4.69, 9.17) is 32.7 Å². The summed E-state index contributed by atoms with van der Waals surface area (Å²) in [5.41, 5.74) is 0.833. The number of hydrogen-bond donors (Lipinski definition) is 0. The molecule has 0 fully saturated rings. The summed E-state index contributed by atoms with van der Waals surface area (Å²) < 4.78 is 10.5. The molecule has 0 radical (unpaired) electrons. The van der Waals surface area contributed by atoms with Crippen LogP contribution in [-0.2, 0) is 20.9 Å². The highest BCUT2D eigenvalue weighted by atomic mass is 35.5. The van der Waals surface area contributed by atoms with Crippen LogP contribution in [0.25, 0.3) is 0 Å². The Bertz CT molecular complexity index is 772. The predicted molar refractivity (Wildman–Crippen MR) is 103 cm³/mol. The number of likely N-dealkylation sites (N-methyl/N-ethyl adjacent to an activating group) is 1. The molecule has 0 aliphatic rings. The molecular formula is C19H20Cl2N2O4. The second kappa shape index (κ2) is 10.7. The van der Waals surface area contributed by atoms with Gasteiger partial charge >= 0.3 is 5.97 Å². The average Bonchev–Trinajstić information content (AvgIpc) is 2.67.